The summed E-state index contributed by atoms with van der Waals surface area (Å²) in [6, 6.07) is 17.8. The molecule has 140 valence electrons. The van der Waals surface area contributed by atoms with Crippen LogP contribution in [0.3, 0.4) is 0 Å². The molecule has 0 aliphatic carbocycles. The SMILES string of the molecule is CCOc1ccc(-c2nc(CC(=O)N(c3ccccc3)C(C)C)cs2)cc1. The van der Waals surface area contributed by atoms with Crippen molar-refractivity contribution in [1.82, 2.24) is 4.98 Å². The lowest BCUT2D eigenvalue weighted by Gasteiger charge is -2.26. The van der Waals surface area contributed by atoms with Crippen molar-refractivity contribution in [2.24, 2.45) is 0 Å². The van der Waals surface area contributed by atoms with Gasteiger partial charge in [-0.25, -0.2) is 4.98 Å². The molecule has 1 aromatic heterocycles. The quantitative estimate of drug-likeness (QED) is 0.566. The normalized spacial score (nSPS) is 10.8. The zero-order valence-corrected chi connectivity index (χ0v) is 16.7. The summed E-state index contributed by atoms with van der Waals surface area (Å²) < 4.78 is 5.48. The fourth-order valence-corrected chi connectivity index (χ4v) is 3.77. The first-order valence-electron chi connectivity index (χ1n) is 9.13. The predicted octanol–water partition coefficient (Wildman–Crippen LogP) is 5.19. The van der Waals surface area contributed by atoms with Crippen LogP contribution in [0.5, 0.6) is 5.75 Å². The number of hydrogen-bond acceptors (Lipinski definition) is 4. The Bertz CT molecular complexity index is 873. The largest absolute Gasteiger partial charge is 0.494 e. The van der Waals surface area contributed by atoms with E-state index in [2.05, 4.69) is 4.98 Å². The van der Waals surface area contributed by atoms with Gasteiger partial charge in [0.05, 0.1) is 18.7 Å². The second kappa shape index (κ2) is 8.82. The minimum absolute atomic E-state index is 0.0553. The van der Waals surface area contributed by atoms with Gasteiger partial charge < -0.3 is 9.64 Å². The molecule has 0 saturated heterocycles. The number of carbonyl (C=O) groups excluding carboxylic acids is 1. The van der Waals surface area contributed by atoms with Crippen LogP contribution in [0.2, 0.25) is 0 Å². The van der Waals surface area contributed by atoms with Gasteiger partial charge >= 0.3 is 0 Å². The second-order valence-corrected chi connectivity index (χ2v) is 7.33. The second-order valence-electron chi connectivity index (χ2n) is 6.47. The summed E-state index contributed by atoms with van der Waals surface area (Å²) in [5.74, 6) is 0.906. The maximum atomic E-state index is 12.9. The molecular formula is C22H24N2O2S. The van der Waals surface area contributed by atoms with Crippen molar-refractivity contribution in [2.75, 3.05) is 11.5 Å². The van der Waals surface area contributed by atoms with Crippen molar-refractivity contribution in [1.29, 1.82) is 0 Å². The number of aromatic nitrogens is 1. The molecule has 5 heteroatoms. The first-order chi connectivity index (χ1) is 13.1. The van der Waals surface area contributed by atoms with Gasteiger partial charge in [0.1, 0.15) is 10.8 Å². The average molecular weight is 381 g/mol. The van der Waals surface area contributed by atoms with E-state index in [1.54, 1.807) is 11.3 Å². The Hall–Kier alpha value is -2.66. The number of nitrogens with zero attached hydrogens (tertiary/aromatic N) is 2. The molecule has 0 radical (unpaired) electrons. The molecule has 1 heterocycles. The van der Waals surface area contributed by atoms with E-state index in [1.807, 2.05) is 85.6 Å². The highest BCUT2D eigenvalue weighted by Crippen LogP contribution is 2.26. The maximum Gasteiger partial charge on any atom is 0.233 e. The molecule has 1 amide bonds. The van der Waals surface area contributed by atoms with E-state index in [9.17, 15) is 4.79 Å². The van der Waals surface area contributed by atoms with Crippen LogP contribution in [0.4, 0.5) is 5.69 Å². The van der Waals surface area contributed by atoms with E-state index in [0.717, 1.165) is 27.7 Å². The number of benzene rings is 2. The van der Waals surface area contributed by atoms with Crippen molar-refractivity contribution >= 4 is 22.9 Å². The van der Waals surface area contributed by atoms with Crippen molar-refractivity contribution in [3.63, 3.8) is 0 Å². The van der Waals surface area contributed by atoms with Gasteiger partial charge in [0.15, 0.2) is 0 Å². The molecule has 0 unspecified atom stereocenters. The van der Waals surface area contributed by atoms with Crippen LogP contribution >= 0.6 is 11.3 Å². The third-order valence-electron chi connectivity index (χ3n) is 4.12. The lowest BCUT2D eigenvalue weighted by Crippen LogP contribution is -2.38. The summed E-state index contributed by atoms with van der Waals surface area (Å²) >= 11 is 1.56. The average Bonchev–Trinajstić information content (AvgIpc) is 3.12. The van der Waals surface area contributed by atoms with Gasteiger partial charge in [0, 0.05) is 22.7 Å². The third-order valence-corrected chi connectivity index (χ3v) is 5.06. The predicted molar refractivity (Wildman–Crippen MR) is 111 cm³/mol. The first kappa shape index (κ1) is 19.1. The van der Waals surface area contributed by atoms with E-state index >= 15 is 0 Å². The van der Waals surface area contributed by atoms with E-state index in [0.29, 0.717) is 13.0 Å². The number of para-hydroxylation sites is 1. The third kappa shape index (κ3) is 4.74. The molecule has 0 aliphatic rings. The molecule has 27 heavy (non-hydrogen) atoms. The van der Waals surface area contributed by atoms with Gasteiger partial charge in [-0.3, -0.25) is 4.79 Å². The summed E-state index contributed by atoms with van der Waals surface area (Å²) in [4.78, 5) is 19.4. The molecule has 3 rings (SSSR count). The number of hydrogen-bond donors (Lipinski definition) is 0. The molecule has 0 bridgehead atoms. The van der Waals surface area contributed by atoms with Gasteiger partial charge in [-0.1, -0.05) is 18.2 Å². The Morgan fingerprint density at radius 1 is 1.11 bits per heavy atom. The van der Waals surface area contributed by atoms with Crippen molar-refractivity contribution < 1.29 is 9.53 Å². The van der Waals surface area contributed by atoms with Crippen LogP contribution in [-0.4, -0.2) is 23.5 Å². The van der Waals surface area contributed by atoms with E-state index in [1.165, 1.54) is 0 Å². The summed E-state index contributed by atoms with van der Waals surface area (Å²) in [6.45, 7) is 6.67. The van der Waals surface area contributed by atoms with Crippen molar-refractivity contribution in [3.05, 3.63) is 65.7 Å². The number of carbonyl (C=O) groups is 1. The number of ether oxygens (including phenoxy) is 1. The number of rotatable bonds is 7. The molecule has 0 saturated carbocycles. The van der Waals surface area contributed by atoms with Gasteiger partial charge in [-0.2, -0.15) is 0 Å². The molecule has 2 aromatic carbocycles. The standard InChI is InChI=1S/C22H24N2O2S/c1-4-26-20-12-10-17(11-13-20)22-23-18(15-27-22)14-21(25)24(16(2)3)19-8-6-5-7-9-19/h5-13,15-16H,4,14H2,1-3H3. The number of thiazole rings is 1. The van der Waals surface area contributed by atoms with Crippen molar-refractivity contribution in [2.45, 2.75) is 33.2 Å². The molecular weight excluding hydrogens is 356 g/mol. The zero-order valence-electron chi connectivity index (χ0n) is 15.9. The van der Waals surface area contributed by atoms with Crippen LogP contribution < -0.4 is 9.64 Å². The topological polar surface area (TPSA) is 42.4 Å². The molecule has 0 atom stereocenters. The Kier molecular flexibility index (Phi) is 6.24. The minimum atomic E-state index is 0.0553. The van der Waals surface area contributed by atoms with Gasteiger partial charge in [-0.15, -0.1) is 11.3 Å². The summed E-state index contributed by atoms with van der Waals surface area (Å²) in [6.07, 6.45) is 0.292. The van der Waals surface area contributed by atoms with Crippen LogP contribution in [-0.2, 0) is 11.2 Å². The summed E-state index contributed by atoms with van der Waals surface area (Å²) in [7, 11) is 0. The summed E-state index contributed by atoms with van der Waals surface area (Å²) in [5, 5.41) is 2.88. The highest BCUT2D eigenvalue weighted by atomic mass is 32.1. The fourth-order valence-electron chi connectivity index (χ4n) is 2.94. The van der Waals surface area contributed by atoms with Crippen LogP contribution in [0.25, 0.3) is 10.6 Å². The molecule has 0 N–H and O–H groups in total. The lowest BCUT2D eigenvalue weighted by molar-refractivity contribution is -0.118. The maximum absolute atomic E-state index is 12.9. The Labute approximate surface area is 164 Å². The first-order valence-corrected chi connectivity index (χ1v) is 10.0. The zero-order chi connectivity index (χ0) is 19.2. The van der Waals surface area contributed by atoms with Crippen LogP contribution in [0, 0.1) is 0 Å². The number of amides is 1. The Morgan fingerprint density at radius 3 is 2.44 bits per heavy atom. The summed E-state index contributed by atoms with van der Waals surface area (Å²) in [5.41, 5.74) is 2.75. The van der Waals surface area contributed by atoms with E-state index in [4.69, 9.17) is 4.74 Å². The Balaban J connectivity index is 1.73. The molecule has 3 aromatic rings. The monoisotopic (exact) mass is 380 g/mol. The van der Waals surface area contributed by atoms with E-state index < -0.39 is 0 Å². The van der Waals surface area contributed by atoms with Gasteiger partial charge in [-0.05, 0) is 57.2 Å². The highest BCUT2D eigenvalue weighted by Gasteiger charge is 2.20. The highest BCUT2D eigenvalue weighted by molar-refractivity contribution is 7.13. The molecule has 0 aliphatic heterocycles. The molecule has 0 spiro atoms. The fraction of sp³-hybridized carbons (Fsp3) is 0.273. The Morgan fingerprint density at radius 2 is 1.81 bits per heavy atom. The smallest absolute Gasteiger partial charge is 0.233 e. The van der Waals surface area contributed by atoms with Crippen molar-refractivity contribution in [3.8, 4) is 16.3 Å². The van der Waals surface area contributed by atoms with Gasteiger partial charge in [0.2, 0.25) is 5.91 Å². The molecule has 4 nitrogen and oxygen atoms in total. The van der Waals surface area contributed by atoms with Gasteiger partial charge in [0.25, 0.3) is 0 Å². The lowest BCUT2D eigenvalue weighted by atomic mass is 10.2. The number of anilines is 1. The minimum Gasteiger partial charge on any atom is -0.494 e. The van der Waals surface area contributed by atoms with E-state index in [-0.39, 0.29) is 11.9 Å². The van der Waals surface area contributed by atoms with Crippen LogP contribution in [0.1, 0.15) is 26.5 Å². The van der Waals surface area contributed by atoms with Crippen LogP contribution in [0.15, 0.2) is 60.0 Å². The molecule has 0 fully saturated rings.